The second-order valence-electron chi connectivity index (χ2n) is 7.47. The van der Waals surface area contributed by atoms with Gasteiger partial charge in [0.2, 0.25) is 15.2 Å². The number of benzene rings is 3. The van der Waals surface area contributed by atoms with Crippen LogP contribution in [0.4, 0.5) is 10.8 Å². The summed E-state index contributed by atoms with van der Waals surface area (Å²) in [6.07, 6.45) is 1.10. The van der Waals surface area contributed by atoms with Gasteiger partial charge >= 0.3 is 0 Å². The maximum Gasteiger partial charge on any atom is 0.257 e. The number of nitrogens with zero attached hydrogens (tertiary/aromatic N) is 3. The Hall–Kier alpha value is -2.69. The van der Waals surface area contributed by atoms with Gasteiger partial charge in [-0.15, -0.1) is 10.2 Å². The number of amides is 1. The Morgan fingerprint density at radius 1 is 0.914 bits per heavy atom. The number of carbonyl (C=O) groups excluding carboxylic acids is 1. The lowest BCUT2D eigenvalue weighted by Gasteiger charge is -2.23. The maximum absolute atomic E-state index is 12.7. The third-order valence-corrected chi connectivity index (χ3v) is 7.53. The molecule has 1 amide bonds. The van der Waals surface area contributed by atoms with E-state index in [-0.39, 0.29) is 12.5 Å². The fourth-order valence-corrected chi connectivity index (χ4v) is 5.42. The highest BCUT2D eigenvalue weighted by Crippen LogP contribution is 2.29. The van der Waals surface area contributed by atoms with Gasteiger partial charge < -0.3 is 0 Å². The van der Waals surface area contributed by atoms with Gasteiger partial charge in [0.15, 0.2) is 0 Å². The number of hydrogen-bond acceptors (Lipinski definition) is 6. The van der Waals surface area contributed by atoms with Crippen molar-refractivity contribution in [2.75, 3.05) is 15.9 Å². The normalized spacial score (nSPS) is 11.3. The van der Waals surface area contributed by atoms with Crippen molar-refractivity contribution < 1.29 is 13.2 Å². The van der Waals surface area contributed by atoms with Crippen LogP contribution in [-0.4, -0.2) is 30.8 Å². The molecule has 1 heterocycles. The van der Waals surface area contributed by atoms with E-state index in [4.69, 9.17) is 34.8 Å². The van der Waals surface area contributed by atoms with E-state index in [1.165, 1.54) is 33.8 Å². The lowest BCUT2D eigenvalue weighted by atomic mass is 10.1. The molecule has 180 valence electrons. The van der Waals surface area contributed by atoms with Gasteiger partial charge in [-0.25, -0.2) is 8.42 Å². The van der Waals surface area contributed by atoms with Crippen molar-refractivity contribution >= 4 is 72.9 Å². The van der Waals surface area contributed by atoms with Crippen LogP contribution >= 0.6 is 46.1 Å². The van der Waals surface area contributed by atoms with Gasteiger partial charge in [-0.2, -0.15) is 0 Å². The van der Waals surface area contributed by atoms with Crippen LogP contribution in [0.1, 0.15) is 15.9 Å². The molecule has 0 radical (unpaired) electrons. The highest BCUT2D eigenvalue weighted by Gasteiger charge is 2.19. The molecule has 0 fully saturated rings. The number of aromatic nitrogens is 2. The van der Waals surface area contributed by atoms with Crippen LogP contribution < -0.4 is 9.62 Å². The number of rotatable bonds is 7. The number of sulfonamides is 1. The zero-order valence-corrected chi connectivity index (χ0v) is 22.0. The van der Waals surface area contributed by atoms with Gasteiger partial charge in [-0.3, -0.25) is 14.4 Å². The van der Waals surface area contributed by atoms with Crippen LogP contribution in [0.2, 0.25) is 15.1 Å². The first-order chi connectivity index (χ1) is 16.6. The molecule has 4 rings (SSSR count). The quantitative estimate of drug-likeness (QED) is 0.280. The summed E-state index contributed by atoms with van der Waals surface area (Å²) in [5.41, 5.74) is 2.24. The van der Waals surface area contributed by atoms with Crippen molar-refractivity contribution in [1.29, 1.82) is 0 Å². The van der Waals surface area contributed by atoms with Crippen LogP contribution in [0.15, 0.2) is 66.7 Å². The lowest BCUT2D eigenvalue weighted by molar-refractivity contribution is 0.102. The summed E-state index contributed by atoms with van der Waals surface area (Å²) in [6.45, 7) is 0.0399. The number of halogens is 3. The smallest absolute Gasteiger partial charge is 0.257 e. The molecule has 35 heavy (non-hydrogen) atoms. The van der Waals surface area contributed by atoms with Gasteiger partial charge in [0.1, 0.15) is 5.01 Å². The first kappa shape index (κ1) is 25.4. The molecule has 0 saturated carbocycles. The molecular formula is C23H17Cl3N4O3S2. The van der Waals surface area contributed by atoms with E-state index in [2.05, 4.69) is 15.5 Å². The van der Waals surface area contributed by atoms with Crippen molar-refractivity contribution in [3.05, 3.63) is 92.9 Å². The summed E-state index contributed by atoms with van der Waals surface area (Å²) in [4.78, 5) is 12.7. The van der Waals surface area contributed by atoms with E-state index < -0.39 is 10.0 Å². The summed E-state index contributed by atoms with van der Waals surface area (Å²) in [6, 6.07) is 18.3. The average Bonchev–Trinajstić information content (AvgIpc) is 3.25. The fraction of sp³-hybridized carbons (Fsp3) is 0.0870. The predicted molar refractivity (Wildman–Crippen MR) is 142 cm³/mol. The average molecular weight is 568 g/mol. The van der Waals surface area contributed by atoms with Crippen LogP contribution in [0.5, 0.6) is 0 Å². The Morgan fingerprint density at radius 2 is 1.54 bits per heavy atom. The minimum Gasteiger partial charge on any atom is -0.296 e. The van der Waals surface area contributed by atoms with E-state index in [9.17, 15) is 13.2 Å². The van der Waals surface area contributed by atoms with Crippen molar-refractivity contribution in [2.45, 2.75) is 6.54 Å². The van der Waals surface area contributed by atoms with Crippen molar-refractivity contribution in [3.63, 3.8) is 0 Å². The topological polar surface area (TPSA) is 92.3 Å². The van der Waals surface area contributed by atoms with E-state index in [0.717, 1.165) is 11.8 Å². The van der Waals surface area contributed by atoms with E-state index in [1.54, 1.807) is 36.4 Å². The summed E-state index contributed by atoms with van der Waals surface area (Å²) in [5.74, 6) is -0.364. The monoisotopic (exact) mass is 566 g/mol. The van der Waals surface area contributed by atoms with Gasteiger partial charge in [-0.05, 0) is 48.0 Å². The van der Waals surface area contributed by atoms with E-state index in [0.29, 0.717) is 42.0 Å². The lowest BCUT2D eigenvalue weighted by Crippen LogP contribution is -2.29. The molecule has 1 aromatic heterocycles. The number of anilines is 2. The molecule has 0 aliphatic rings. The van der Waals surface area contributed by atoms with Gasteiger partial charge in [-0.1, -0.05) is 70.4 Å². The fourth-order valence-electron chi connectivity index (χ4n) is 3.16. The van der Waals surface area contributed by atoms with Crippen LogP contribution in [0, 0.1) is 0 Å². The second-order valence-corrected chi connectivity index (χ2v) is 11.7. The molecule has 0 aliphatic carbocycles. The molecular weight excluding hydrogens is 551 g/mol. The van der Waals surface area contributed by atoms with Crippen LogP contribution in [0.3, 0.4) is 0 Å². The minimum atomic E-state index is -3.62. The highest BCUT2D eigenvalue weighted by molar-refractivity contribution is 7.92. The Labute approximate surface area is 221 Å². The molecule has 12 heteroatoms. The number of carbonyl (C=O) groups is 1. The molecule has 0 unspecified atom stereocenters. The second kappa shape index (κ2) is 10.5. The molecule has 0 saturated heterocycles. The van der Waals surface area contributed by atoms with Gasteiger partial charge in [0.25, 0.3) is 5.91 Å². The molecule has 3 aromatic carbocycles. The Kier molecular flexibility index (Phi) is 7.63. The highest BCUT2D eigenvalue weighted by atomic mass is 35.5. The Bertz CT molecular complexity index is 1450. The van der Waals surface area contributed by atoms with Gasteiger partial charge in [0.05, 0.1) is 18.5 Å². The third-order valence-electron chi connectivity index (χ3n) is 4.81. The molecule has 0 atom stereocenters. The molecule has 0 aliphatic heterocycles. The number of hydrogen-bond donors (Lipinski definition) is 1. The zero-order chi connectivity index (χ0) is 25.2. The van der Waals surface area contributed by atoms with Crippen molar-refractivity contribution in [2.24, 2.45) is 0 Å². The predicted octanol–water partition coefficient (Wildman–Crippen LogP) is 6.38. The Balaban J connectivity index is 1.47. The van der Waals surface area contributed by atoms with Crippen LogP contribution in [-0.2, 0) is 16.6 Å². The first-order valence-corrected chi connectivity index (χ1v) is 13.8. The van der Waals surface area contributed by atoms with Crippen molar-refractivity contribution in [3.8, 4) is 10.6 Å². The molecule has 0 spiro atoms. The minimum absolute atomic E-state index is 0.0399. The maximum atomic E-state index is 12.7. The van der Waals surface area contributed by atoms with Crippen LogP contribution in [0.25, 0.3) is 10.6 Å². The van der Waals surface area contributed by atoms with Crippen molar-refractivity contribution in [1.82, 2.24) is 10.2 Å². The summed E-state index contributed by atoms with van der Waals surface area (Å²) in [5, 5.41) is 13.1. The largest absolute Gasteiger partial charge is 0.296 e. The third kappa shape index (κ3) is 6.50. The summed E-state index contributed by atoms with van der Waals surface area (Å²) in [7, 11) is -3.62. The molecule has 7 nitrogen and oxygen atoms in total. The summed E-state index contributed by atoms with van der Waals surface area (Å²) >= 11 is 19.2. The Morgan fingerprint density at radius 3 is 2.14 bits per heavy atom. The first-order valence-electron chi connectivity index (χ1n) is 10.0. The van der Waals surface area contributed by atoms with E-state index >= 15 is 0 Å². The van der Waals surface area contributed by atoms with E-state index in [1.807, 2.05) is 12.1 Å². The molecule has 0 bridgehead atoms. The standard InChI is InChI=1S/C23H17Cl3N4O3S2/c1-35(32,33)30(20-11-18(25)10-19(26)12-20)13-14-2-4-15(5-3-14)21(31)27-23-29-28-22(34-23)16-6-8-17(24)9-7-16/h2-12H,13H2,1H3,(H,27,29,31). The molecule has 1 N–H and O–H groups in total. The number of nitrogens with one attached hydrogen (secondary N) is 1. The SMILES string of the molecule is CS(=O)(=O)N(Cc1ccc(C(=O)Nc2nnc(-c3ccc(Cl)cc3)s2)cc1)c1cc(Cl)cc(Cl)c1. The summed E-state index contributed by atoms with van der Waals surface area (Å²) < 4.78 is 26.0. The zero-order valence-electron chi connectivity index (χ0n) is 18.1. The molecule has 4 aromatic rings. The van der Waals surface area contributed by atoms with Gasteiger partial charge in [0, 0.05) is 26.2 Å².